The lowest BCUT2D eigenvalue weighted by molar-refractivity contribution is 0.340. The second-order valence-electron chi connectivity index (χ2n) is 3.53. The summed E-state index contributed by atoms with van der Waals surface area (Å²) in [6.07, 6.45) is 5.17. The van der Waals surface area contributed by atoms with Crippen molar-refractivity contribution in [2.45, 2.75) is 32.2 Å². The van der Waals surface area contributed by atoms with E-state index in [0.717, 1.165) is 12.2 Å². The van der Waals surface area contributed by atoms with Crippen molar-refractivity contribution in [1.82, 2.24) is 0 Å². The summed E-state index contributed by atoms with van der Waals surface area (Å²) in [4.78, 5) is 0. The third kappa shape index (κ3) is 1.07. The average molecular weight is 165 g/mol. The third-order valence-corrected chi connectivity index (χ3v) is 2.91. The molecule has 1 aliphatic rings. The monoisotopic (exact) mass is 165 g/mol. The summed E-state index contributed by atoms with van der Waals surface area (Å²) in [5.74, 6) is 1.75. The fourth-order valence-electron chi connectivity index (χ4n) is 2.06. The van der Waals surface area contributed by atoms with Crippen molar-refractivity contribution >= 4 is 0 Å². The Morgan fingerprint density at radius 2 is 2.50 bits per heavy atom. The van der Waals surface area contributed by atoms with E-state index in [1.54, 1.807) is 6.26 Å². The Morgan fingerprint density at radius 1 is 1.67 bits per heavy atom. The number of hydrogen-bond donors (Lipinski definition) is 1. The molecule has 0 saturated heterocycles. The van der Waals surface area contributed by atoms with E-state index in [9.17, 15) is 0 Å². The number of rotatable bonds is 1. The summed E-state index contributed by atoms with van der Waals surface area (Å²) in [7, 11) is 0. The van der Waals surface area contributed by atoms with E-state index in [1.165, 1.54) is 18.4 Å². The molecule has 2 rings (SSSR count). The summed E-state index contributed by atoms with van der Waals surface area (Å²) < 4.78 is 5.34. The van der Waals surface area contributed by atoms with Gasteiger partial charge in [-0.1, -0.05) is 13.3 Å². The minimum absolute atomic E-state index is 0.206. The molecule has 0 aromatic carbocycles. The molecule has 0 spiro atoms. The molecule has 0 amide bonds. The molecular weight excluding hydrogens is 150 g/mol. The highest BCUT2D eigenvalue weighted by atomic mass is 16.3. The highest BCUT2D eigenvalue weighted by Gasteiger charge is 2.26. The molecule has 1 aromatic heterocycles. The molecule has 2 nitrogen and oxygen atoms in total. The van der Waals surface area contributed by atoms with Crippen LogP contribution in [0.5, 0.6) is 0 Å². The topological polar surface area (TPSA) is 39.2 Å². The molecule has 0 aliphatic heterocycles. The van der Waals surface area contributed by atoms with Gasteiger partial charge in [0.2, 0.25) is 0 Å². The Labute approximate surface area is 72.7 Å². The van der Waals surface area contributed by atoms with Gasteiger partial charge in [0.1, 0.15) is 5.76 Å². The zero-order valence-electron chi connectivity index (χ0n) is 7.42. The quantitative estimate of drug-likeness (QED) is 0.693. The number of nitrogens with two attached hydrogens (primary N) is 1. The molecule has 0 radical (unpaired) electrons. The first-order valence-electron chi connectivity index (χ1n) is 4.64. The normalized spacial score (nSPS) is 28.5. The van der Waals surface area contributed by atoms with Gasteiger partial charge >= 0.3 is 0 Å². The number of aryl methyl sites for hydroxylation is 1. The second kappa shape index (κ2) is 2.94. The maximum Gasteiger partial charge on any atom is 0.108 e. The van der Waals surface area contributed by atoms with E-state index >= 15 is 0 Å². The first-order chi connectivity index (χ1) is 5.83. The minimum Gasteiger partial charge on any atom is -0.469 e. The molecule has 1 aliphatic carbocycles. The Morgan fingerprint density at radius 3 is 3.25 bits per heavy atom. The minimum atomic E-state index is 0.206. The van der Waals surface area contributed by atoms with E-state index < -0.39 is 0 Å². The fourth-order valence-corrected chi connectivity index (χ4v) is 2.06. The molecular formula is C10H15NO. The van der Waals surface area contributed by atoms with Crippen molar-refractivity contribution in [3.63, 3.8) is 0 Å². The van der Waals surface area contributed by atoms with Gasteiger partial charge in [0.25, 0.3) is 0 Å². The number of hydrogen-bond acceptors (Lipinski definition) is 2. The lowest BCUT2D eigenvalue weighted by atomic mass is 9.82. The van der Waals surface area contributed by atoms with Crippen molar-refractivity contribution < 1.29 is 4.42 Å². The van der Waals surface area contributed by atoms with Crippen molar-refractivity contribution in [2.24, 2.45) is 11.7 Å². The molecule has 2 heteroatoms. The Balaban J connectivity index is 2.29. The lowest BCUT2D eigenvalue weighted by Gasteiger charge is -2.26. The predicted octanol–water partition coefficient (Wildman–Crippen LogP) is 2.25. The summed E-state index contributed by atoms with van der Waals surface area (Å²) in [6.45, 7) is 2.20. The molecule has 66 valence electrons. The maximum atomic E-state index is 6.09. The SMILES string of the molecule is CC[C@@H]1CCc2occc2[C@@H]1N. The van der Waals surface area contributed by atoms with Gasteiger partial charge in [-0.2, -0.15) is 0 Å². The van der Waals surface area contributed by atoms with Crippen LogP contribution in [0.2, 0.25) is 0 Å². The molecule has 0 saturated carbocycles. The Hall–Kier alpha value is -0.760. The average Bonchev–Trinajstić information content (AvgIpc) is 2.53. The van der Waals surface area contributed by atoms with Gasteiger partial charge in [-0.05, 0) is 18.4 Å². The van der Waals surface area contributed by atoms with Gasteiger partial charge in [0.15, 0.2) is 0 Å². The van der Waals surface area contributed by atoms with Crippen molar-refractivity contribution in [3.05, 3.63) is 23.7 Å². The standard InChI is InChI=1S/C10H15NO/c1-2-7-3-4-9-8(10(7)11)5-6-12-9/h5-7,10H,2-4,11H2,1H3/t7-,10-/m1/s1. The molecule has 2 N–H and O–H groups in total. The van der Waals surface area contributed by atoms with Crippen LogP contribution >= 0.6 is 0 Å². The van der Waals surface area contributed by atoms with Crippen LogP contribution in [0.25, 0.3) is 0 Å². The van der Waals surface area contributed by atoms with E-state index in [2.05, 4.69) is 6.92 Å². The number of fused-ring (bicyclic) bond motifs is 1. The molecule has 1 heterocycles. The second-order valence-corrected chi connectivity index (χ2v) is 3.53. The smallest absolute Gasteiger partial charge is 0.108 e. The summed E-state index contributed by atoms with van der Waals surface area (Å²) in [5.41, 5.74) is 7.32. The first kappa shape index (κ1) is 7.87. The van der Waals surface area contributed by atoms with Crippen LogP contribution in [0.1, 0.15) is 37.1 Å². The van der Waals surface area contributed by atoms with E-state index in [4.69, 9.17) is 10.2 Å². The predicted molar refractivity (Wildman–Crippen MR) is 47.7 cm³/mol. The van der Waals surface area contributed by atoms with Crippen LogP contribution in [0.3, 0.4) is 0 Å². The molecule has 0 unspecified atom stereocenters. The Kier molecular flexibility index (Phi) is 1.93. The van der Waals surface area contributed by atoms with E-state index in [1.807, 2.05) is 6.07 Å². The summed E-state index contributed by atoms with van der Waals surface area (Å²) >= 11 is 0. The van der Waals surface area contributed by atoms with Crippen LogP contribution < -0.4 is 5.73 Å². The molecule has 12 heavy (non-hydrogen) atoms. The zero-order valence-corrected chi connectivity index (χ0v) is 7.42. The van der Waals surface area contributed by atoms with E-state index in [-0.39, 0.29) is 6.04 Å². The maximum absolute atomic E-state index is 6.09. The van der Waals surface area contributed by atoms with Crippen LogP contribution in [0.4, 0.5) is 0 Å². The number of furan rings is 1. The van der Waals surface area contributed by atoms with Crippen LogP contribution in [0, 0.1) is 5.92 Å². The highest BCUT2D eigenvalue weighted by Crippen LogP contribution is 2.34. The van der Waals surface area contributed by atoms with Gasteiger partial charge < -0.3 is 10.2 Å². The summed E-state index contributed by atoms with van der Waals surface area (Å²) in [6, 6.07) is 2.22. The van der Waals surface area contributed by atoms with Crippen LogP contribution in [0.15, 0.2) is 16.7 Å². The first-order valence-corrected chi connectivity index (χ1v) is 4.64. The third-order valence-electron chi connectivity index (χ3n) is 2.91. The van der Waals surface area contributed by atoms with Gasteiger partial charge in [-0.25, -0.2) is 0 Å². The van der Waals surface area contributed by atoms with Crippen molar-refractivity contribution in [1.29, 1.82) is 0 Å². The van der Waals surface area contributed by atoms with Crippen molar-refractivity contribution in [2.75, 3.05) is 0 Å². The van der Waals surface area contributed by atoms with Gasteiger partial charge in [-0.3, -0.25) is 0 Å². The summed E-state index contributed by atoms with van der Waals surface area (Å²) in [5, 5.41) is 0. The van der Waals surface area contributed by atoms with Crippen molar-refractivity contribution in [3.8, 4) is 0 Å². The van der Waals surface area contributed by atoms with E-state index in [0.29, 0.717) is 5.92 Å². The molecule has 0 bridgehead atoms. The Bertz CT molecular complexity index is 267. The lowest BCUT2D eigenvalue weighted by Crippen LogP contribution is -2.25. The molecule has 1 aromatic rings. The fraction of sp³-hybridized carbons (Fsp3) is 0.600. The van der Waals surface area contributed by atoms with Gasteiger partial charge in [0.05, 0.1) is 6.26 Å². The largest absolute Gasteiger partial charge is 0.469 e. The van der Waals surface area contributed by atoms with Crippen LogP contribution in [-0.2, 0) is 6.42 Å². The van der Waals surface area contributed by atoms with Gasteiger partial charge in [0, 0.05) is 18.0 Å². The van der Waals surface area contributed by atoms with Crippen LogP contribution in [-0.4, -0.2) is 0 Å². The highest BCUT2D eigenvalue weighted by molar-refractivity contribution is 5.24. The van der Waals surface area contributed by atoms with Gasteiger partial charge in [-0.15, -0.1) is 0 Å². The molecule has 2 atom stereocenters. The molecule has 0 fully saturated rings. The zero-order chi connectivity index (χ0) is 8.55.